The van der Waals surface area contributed by atoms with E-state index in [2.05, 4.69) is 30.7 Å². The highest BCUT2D eigenvalue weighted by Gasteiger charge is 2.11. The predicted molar refractivity (Wildman–Crippen MR) is 57.5 cm³/mol. The normalized spacial score (nSPS) is 11.6. The summed E-state index contributed by atoms with van der Waals surface area (Å²) < 4.78 is 0.255. The molecule has 0 atom stereocenters. The van der Waals surface area contributed by atoms with Crippen molar-refractivity contribution in [2.24, 2.45) is 0 Å². The van der Waals surface area contributed by atoms with Crippen LogP contribution in [-0.4, -0.2) is 14.7 Å². The number of hydrogen-bond acceptors (Lipinski definition) is 4. The number of nitrogens with two attached hydrogens (primary N) is 1. The van der Waals surface area contributed by atoms with Gasteiger partial charge in [0.1, 0.15) is 5.82 Å². The van der Waals surface area contributed by atoms with Gasteiger partial charge in [-0.2, -0.15) is 0 Å². The van der Waals surface area contributed by atoms with Crippen molar-refractivity contribution in [2.75, 3.05) is 5.73 Å². The van der Waals surface area contributed by atoms with E-state index in [1.807, 2.05) is 11.8 Å². The minimum atomic E-state index is 0.255. The Hall–Kier alpha value is -0.770. The van der Waals surface area contributed by atoms with Gasteiger partial charge in [-0.1, -0.05) is 20.8 Å². The number of rotatable bonds is 2. The second-order valence-electron chi connectivity index (χ2n) is 3.83. The third kappa shape index (κ3) is 4.12. The lowest BCUT2D eigenvalue weighted by Gasteiger charge is -2.16. The summed E-state index contributed by atoms with van der Waals surface area (Å²) >= 11 is 1.83. The lowest BCUT2D eigenvalue weighted by Crippen LogP contribution is -2.08. The second kappa shape index (κ2) is 3.96. The van der Waals surface area contributed by atoms with Gasteiger partial charge in [0, 0.05) is 4.75 Å². The van der Waals surface area contributed by atoms with E-state index in [1.54, 1.807) is 12.4 Å². The molecular weight excluding hydrogens is 182 g/mol. The fourth-order valence-electron chi connectivity index (χ4n) is 0.720. The predicted octanol–water partition coefficient (Wildman–Crippen LogP) is 2.09. The Kier molecular flexibility index (Phi) is 3.14. The van der Waals surface area contributed by atoms with Crippen molar-refractivity contribution in [2.45, 2.75) is 31.3 Å². The van der Waals surface area contributed by atoms with Crippen molar-refractivity contribution < 1.29 is 0 Å². The van der Waals surface area contributed by atoms with Crippen molar-refractivity contribution >= 4 is 17.4 Å². The Bertz CT molecular complexity index is 263. The molecular formula is C9H15N3S. The molecule has 1 aromatic heterocycles. The monoisotopic (exact) mass is 197 g/mol. The summed E-state index contributed by atoms with van der Waals surface area (Å²) in [6.07, 6.45) is 3.29. The summed E-state index contributed by atoms with van der Waals surface area (Å²) in [5.74, 6) is 1.68. The highest BCUT2D eigenvalue weighted by atomic mass is 32.2. The summed E-state index contributed by atoms with van der Waals surface area (Å²) in [5.41, 5.74) is 6.09. The first-order chi connectivity index (χ1) is 5.97. The van der Waals surface area contributed by atoms with E-state index in [0.717, 1.165) is 11.6 Å². The van der Waals surface area contributed by atoms with E-state index in [1.165, 1.54) is 0 Å². The molecule has 0 unspecified atom stereocenters. The SMILES string of the molecule is CC(C)(C)SCc1ncc(N)cn1. The fourth-order valence-corrected chi connectivity index (χ4v) is 1.43. The number of thioether (sulfide) groups is 1. The van der Waals surface area contributed by atoms with Crippen LogP contribution in [0.5, 0.6) is 0 Å². The van der Waals surface area contributed by atoms with E-state index in [9.17, 15) is 0 Å². The molecule has 0 amide bonds. The molecule has 1 rings (SSSR count). The number of aromatic nitrogens is 2. The molecule has 1 aromatic rings. The van der Waals surface area contributed by atoms with Crippen molar-refractivity contribution in [1.82, 2.24) is 9.97 Å². The average molecular weight is 197 g/mol. The minimum absolute atomic E-state index is 0.255. The van der Waals surface area contributed by atoms with Gasteiger partial charge in [-0.05, 0) is 0 Å². The van der Waals surface area contributed by atoms with Crippen molar-refractivity contribution in [3.63, 3.8) is 0 Å². The number of nitrogens with zero attached hydrogens (tertiary/aromatic N) is 2. The van der Waals surface area contributed by atoms with Gasteiger partial charge in [-0.3, -0.25) is 0 Å². The zero-order valence-electron chi connectivity index (χ0n) is 8.24. The molecule has 4 heteroatoms. The largest absolute Gasteiger partial charge is 0.396 e. The molecule has 3 nitrogen and oxygen atoms in total. The molecule has 0 aliphatic heterocycles. The standard InChI is InChI=1S/C9H15N3S/c1-9(2,3)13-6-8-11-4-7(10)5-12-8/h4-5H,6,10H2,1-3H3. The van der Waals surface area contributed by atoms with Gasteiger partial charge in [0.15, 0.2) is 0 Å². The van der Waals surface area contributed by atoms with Crippen LogP contribution in [0, 0.1) is 0 Å². The Morgan fingerprint density at radius 3 is 2.31 bits per heavy atom. The fraction of sp³-hybridized carbons (Fsp3) is 0.556. The zero-order chi connectivity index (χ0) is 9.90. The molecule has 0 bridgehead atoms. The van der Waals surface area contributed by atoms with E-state index in [4.69, 9.17) is 5.73 Å². The lowest BCUT2D eigenvalue weighted by atomic mass is 10.3. The molecule has 0 saturated heterocycles. The molecule has 13 heavy (non-hydrogen) atoms. The maximum absolute atomic E-state index is 5.48. The van der Waals surface area contributed by atoms with Crippen LogP contribution in [-0.2, 0) is 5.75 Å². The molecule has 0 radical (unpaired) electrons. The maximum atomic E-state index is 5.48. The first kappa shape index (κ1) is 10.3. The smallest absolute Gasteiger partial charge is 0.138 e. The molecule has 0 aromatic carbocycles. The first-order valence-electron chi connectivity index (χ1n) is 4.18. The highest BCUT2D eigenvalue weighted by Crippen LogP contribution is 2.25. The summed E-state index contributed by atoms with van der Waals surface area (Å²) in [6.45, 7) is 6.53. The maximum Gasteiger partial charge on any atom is 0.138 e. The van der Waals surface area contributed by atoms with Crippen LogP contribution in [0.3, 0.4) is 0 Å². The number of anilines is 1. The van der Waals surface area contributed by atoms with Gasteiger partial charge in [0.05, 0.1) is 23.8 Å². The highest BCUT2D eigenvalue weighted by molar-refractivity contribution is 7.99. The van der Waals surface area contributed by atoms with Gasteiger partial charge in [0.25, 0.3) is 0 Å². The minimum Gasteiger partial charge on any atom is -0.396 e. The molecule has 0 aliphatic rings. The third-order valence-corrected chi connectivity index (χ3v) is 2.63. The Balaban J connectivity index is 2.51. The Labute approximate surface area is 83.2 Å². The van der Waals surface area contributed by atoms with Crippen molar-refractivity contribution in [3.8, 4) is 0 Å². The number of hydrogen-bond donors (Lipinski definition) is 1. The van der Waals surface area contributed by atoms with Crippen LogP contribution in [0.4, 0.5) is 5.69 Å². The molecule has 0 saturated carbocycles. The summed E-state index contributed by atoms with van der Waals surface area (Å²) in [7, 11) is 0. The van der Waals surface area contributed by atoms with Crippen LogP contribution in [0.1, 0.15) is 26.6 Å². The quantitative estimate of drug-likeness (QED) is 0.788. The van der Waals surface area contributed by atoms with Crippen molar-refractivity contribution in [3.05, 3.63) is 18.2 Å². The topological polar surface area (TPSA) is 51.8 Å². The molecule has 0 aliphatic carbocycles. The molecule has 2 N–H and O–H groups in total. The Morgan fingerprint density at radius 2 is 1.85 bits per heavy atom. The summed E-state index contributed by atoms with van der Waals surface area (Å²) in [4.78, 5) is 8.25. The molecule has 0 spiro atoms. The van der Waals surface area contributed by atoms with E-state index < -0.39 is 0 Å². The van der Waals surface area contributed by atoms with Gasteiger partial charge >= 0.3 is 0 Å². The average Bonchev–Trinajstić information content (AvgIpc) is 2.02. The zero-order valence-corrected chi connectivity index (χ0v) is 9.06. The van der Waals surface area contributed by atoms with Crippen LogP contribution in [0.15, 0.2) is 12.4 Å². The van der Waals surface area contributed by atoms with E-state index >= 15 is 0 Å². The van der Waals surface area contributed by atoms with E-state index in [-0.39, 0.29) is 4.75 Å². The first-order valence-corrected chi connectivity index (χ1v) is 5.16. The number of nitrogen functional groups attached to an aromatic ring is 1. The van der Waals surface area contributed by atoms with Crippen LogP contribution < -0.4 is 5.73 Å². The van der Waals surface area contributed by atoms with Gasteiger partial charge < -0.3 is 5.73 Å². The summed E-state index contributed by atoms with van der Waals surface area (Å²) in [6, 6.07) is 0. The van der Waals surface area contributed by atoms with Crippen LogP contribution >= 0.6 is 11.8 Å². The molecule has 72 valence electrons. The van der Waals surface area contributed by atoms with Gasteiger partial charge in [-0.25, -0.2) is 9.97 Å². The van der Waals surface area contributed by atoms with Gasteiger partial charge in [0.2, 0.25) is 0 Å². The lowest BCUT2D eigenvalue weighted by molar-refractivity contribution is 0.800. The molecule has 0 fully saturated rings. The second-order valence-corrected chi connectivity index (χ2v) is 5.64. The summed E-state index contributed by atoms with van der Waals surface area (Å²) in [5, 5.41) is 0. The van der Waals surface area contributed by atoms with Crippen molar-refractivity contribution in [1.29, 1.82) is 0 Å². The third-order valence-electron chi connectivity index (χ3n) is 1.36. The van der Waals surface area contributed by atoms with E-state index in [0.29, 0.717) is 5.69 Å². The van der Waals surface area contributed by atoms with Crippen LogP contribution in [0.2, 0.25) is 0 Å². The van der Waals surface area contributed by atoms with Crippen LogP contribution in [0.25, 0.3) is 0 Å². The Morgan fingerprint density at radius 1 is 1.31 bits per heavy atom. The van der Waals surface area contributed by atoms with Gasteiger partial charge in [-0.15, -0.1) is 11.8 Å². The molecule has 1 heterocycles.